The Morgan fingerprint density at radius 1 is 1.52 bits per heavy atom. The highest BCUT2D eigenvalue weighted by atomic mass is 32.1. The van der Waals surface area contributed by atoms with E-state index in [1.807, 2.05) is 32.0 Å². The number of aryl methyl sites for hydroxylation is 1. The Morgan fingerprint density at radius 2 is 2.24 bits per heavy atom. The average Bonchev–Trinajstić information content (AvgIpc) is 2.85. The Labute approximate surface area is 128 Å². The summed E-state index contributed by atoms with van der Waals surface area (Å²) < 4.78 is 7.11. The summed E-state index contributed by atoms with van der Waals surface area (Å²) in [5.74, 6) is -0.409. The van der Waals surface area contributed by atoms with E-state index in [0.717, 1.165) is 23.2 Å². The van der Waals surface area contributed by atoms with Crippen LogP contribution in [-0.4, -0.2) is 22.6 Å². The number of nitrogens with one attached hydrogen (secondary N) is 1. The maximum atomic E-state index is 11.9. The van der Waals surface area contributed by atoms with Gasteiger partial charge in [0.2, 0.25) is 0 Å². The van der Waals surface area contributed by atoms with Crippen molar-refractivity contribution in [2.45, 2.75) is 26.3 Å². The molecule has 112 valence electrons. The summed E-state index contributed by atoms with van der Waals surface area (Å²) in [6.45, 7) is 4.01. The number of imidazole rings is 1. The molecule has 0 fully saturated rings. The van der Waals surface area contributed by atoms with Crippen LogP contribution in [-0.2, 0) is 4.74 Å². The lowest BCUT2D eigenvalue weighted by molar-refractivity contribution is 0.0586. The number of benzene rings is 1. The van der Waals surface area contributed by atoms with Gasteiger partial charge in [0.15, 0.2) is 4.77 Å². The molecular weight excluding hydrogens is 286 g/mol. The van der Waals surface area contributed by atoms with E-state index in [9.17, 15) is 4.79 Å². The average molecular weight is 305 g/mol. The molecule has 0 bridgehead atoms. The fourth-order valence-corrected chi connectivity index (χ4v) is 2.71. The van der Waals surface area contributed by atoms with Crippen LogP contribution in [0.2, 0.25) is 0 Å². The molecule has 5 nitrogen and oxygen atoms in total. The zero-order valence-electron chi connectivity index (χ0n) is 12.3. The highest BCUT2D eigenvalue weighted by molar-refractivity contribution is 7.71. The fraction of sp³-hybridized carbons (Fsp3) is 0.333. The molecule has 0 aliphatic rings. The van der Waals surface area contributed by atoms with Crippen molar-refractivity contribution in [1.29, 1.82) is 0 Å². The van der Waals surface area contributed by atoms with Crippen molar-refractivity contribution in [1.82, 2.24) is 9.55 Å². The second-order valence-corrected chi connectivity index (χ2v) is 5.27. The molecule has 6 heteroatoms. The van der Waals surface area contributed by atoms with Crippen LogP contribution in [0.25, 0.3) is 0 Å². The van der Waals surface area contributed by atoms with Gasteiger partial charge in [0.25, 0.3) is 0 Å². The Bertz CT molecular complexity index is 718. The molecular formula is C15H19N3O2S. The van der Waals surface area contributed by atoms with E-state index in [-0.39, 0.29) is 6.04 Å². The van der Waals surface area contributed by atoms with Gasteiger partial charge in [0, 0.05) is 11.9 Å². The van der Waals surface area contributed by atoms with Crippen molar-refractivity contribution in [3.05, 3.63) is 46.0 Å². The fourth-order valence-electron chi connectivity index (χ4n) is 2.42. The molecule has 0 saturated carbocycles. The predicted molar refractivity (Wildman–Crippen MR) is 85.0 cm³/mol. The van der Waals surface area contributed by atoms with Crippen LogP contribution in [0.4, 0.5) is 5.69 Å². The zero-order chi connectivity index (χ0) is 15.6. The number of ether oxygens (including phenoxy) is 1. The van der Waals surface area contributed by atoms with E-state index in [1.54, 1.807) is 10.8 Å². The number of H-pyrrole nitrogens is 1. The van der Waals surface area contributed by atoms with Gasteiger partial charge >= 0.3 is 5.97 Å². The van der Waals surface area contributed by atoms with Gasteiger partial charge in [-0.05, 0) is 42.8 Å². The maximum absolute atomic E-state index is 11.9. The van der Waals surface area contributed by atoms with Crippen molar-refractivity contribution in [2.75, 3.05) is 12.8 Å². The third-order valence-corrected chi connectivity index (χ3v) is 3.90. The highest BCUT2D eigenvalue weighted by Crippen LogP contribution is 2.27. The second-order valence-electron chi connectivity index (χ2n) is 4.88. The number of methoxy groups -OCH3 is 1. The van der Waals surface area contributed by atoms with E-state index in [2.05, 4.69) is 4.98 Å². The lowest BCUT2D eigenvalue weighted by Crippen LogP contribution is -2.17. The lowest BCUT2D eigenvalue weighted by atomic mass is 10.0. The molecule has 2 aromatic rings. The third-order valence-electron chi connectivity index (χ3n) is 3.58. The number of nitrogens with zero attached hydrogens (tertiary/aromatic N) is 1. The summed E-state index contributed by atoms with van der Waals surface area (Å²) in [4.78, 5) is 14.8. The molecule has 2 rings (SSSR count). The Morgan fingerprint density at radius 3 is 2.81 bits per heavy atom. The minimum atomic E-state index is -0.409. The van der Waals surface area contributed by atoms with Gasteiger partial charge < -0.3 is 20.0 Å². The summed E-state index contributed by atoms with van der Waals surface area (Å²) in [6, 6.07) is 5.82. The van der Waals surface area contributed by atoms with Gasteiger partial charge in [0.05, 0.1) is 13.2 Å². The largest absolute Gasteiger partial charge is 0.464 e. The van der Waals surface area contributed by atoms with Gasteiger partial charge in [-0.3, -0.25) is 0 Å². The number of nitrogen functional groups attached to an aromatic ring is 1. The molecule has 1 aromatic heterocycles. The number of rotatable bonds is 4. The van der Waals surface area contributed by atoms with Crippen LogP contribution in [0, 0.1) is 11.7 Å². The minimum absolute atomic E-state index is 0.0443. The second kappa shape index (κ2) is 6.13. The molecule has 1 atom stereocenters. The summed E-state index contributed by atoms with van der Waals surface area (Å²) >= 11 is 5.32. The number of esters is 1. The molecule has 0 radical (unpaired) electrons. The third kappa shape index (κ3) is 2.85. The normalized spacial score (nSPS) is 12.1. The van der Waals surface area contributed by atoms with Crippen LogP contribution in [0.15, 0.2) is 24.4 Å². The molecule has 0 saturated heterocycles. The van der Waals surface area contributed by atoms with E-state index in [1.165, 1.54) is 7.11 Å². The predicted octanol–water partition coefficient (Wildman–Crippen LogP) is 3.22. The van der Waals surface area contributed by atoms with Crippen LogP contribution in [0.5, 0.6) is 0 Å². The number of carbonyl (C=O) groups is 1. The molecule has 3 N–H and O–H groups in total. The molecule has 1 aromatic carbocycles. The molecule has 0 aliphatic carbocycles. The smallest absolute Gasteiger partial charge is 0.356 e. The SMILES string of the molecule is CCC(c1ccc(N)c(C)c1)n1c(C(=O)OC)c[nH]c1=S. The lowest BCUT2D eigenvalue weighted by Gasteiger charge is -2.20. The van der Waals surface area contributed by atoms with Crippen molar-refractivity contribution in [3.63, 3.8) is 0 Å². The van der Waals surface area contributed by atoms with E-state index < -0.39 is 5.97 Å². The quantitative estimate of drug-likeness (QED) is 0.517. The summed E-state index contributed by atoms with van der Waals surface area (Å²) in [6.07, 6.45) is 2.38. The first-order chi connectivity index (χ1) is 9.99. The maximum Gasteiger partial charge on any atom is 0.356 e. The van der Waals surface area contributed by atoms with Gasteiger partial charge in [-0.15, -0.1) is 0 Å². The van der Waals surface area contributed by atoms with Crippen molar-refractivity contribution >= 4 is 23.9 Å². The summed E-state index contributed by atoms with van der Waals surface area (Å²) in [7, 11) is 1.36. The number of nitrogens with two attached hydrogens (primary N) is 1. The number of aromatic amines is 1. The molecule has 1 unspecified atom stereocenters. The van der Waals surface area contributed by atoms with Gasteiger partial charge in [-0.25, -0.2) is 4.79 Å². The molecule has 21 heavy (non-hydrogen) atoms. The van der Waals surface area contributed by atoms with E-state index in [4.69, 9.17) is 22.7 Å². The Hall–Kier alpha value is -2.08. The standard InChI is InChI=1S/C15H19N3O2S/c1-4-12(10-5-6-11(16)9(2)7-10)18-13(14(19)20-3)8-17-15(18)21/h5-8,12H,4,16H2,1-3H3,(H,17,21). The highest BCUT2D eigenvalue weighted by Gasteiger charge is 2.21. The first-order valence-corrected chi connectivity index (χ1v) is 7.14. The first kappa shape index (κ1) is 15.3. The monoisotopic (exact) mass is 305 g/mol. The number of anilines is 1. The number of hydrogen-bond acceptors (Lipinski definition) is 4. The van der Waals surface area contributed by atoms with E-state index >= 15 is 0 Å². The van der Waals surface area contributed by atoms with E-state index in [0.29, 0.717) is 10.5 Å². The molecule has 0 amide bonds. The topological polar surface area (TPSA) is 73.0 Å². The van der Waals surface area contributed by atoms with Crippen molar-refractivity contribution in [3.8, 4) is 0 Å². The Kier molecular flexibility index (Phi) is 4.47. The van der Waals surface area contributed by atoms with Crippen LogP contribution in [0.3, 0.4) is 0 Å². The van der Waals surface area contributed by atoms with Gasteiger partial charge in [0.1, 0.15) is 5.69 Å². The number of carbonyl (C=O) groups excluding carboxylic acids is 1. The number of hydrogen-bond donors (Lipinski definition) is 2. The van der Waals surface area contributed by atoms with Crippen molar-refractivity contribution < 1.29 is 9.53 Å². The zero-order valence-corrected chi connectivity index (χ0v) is 13.2. The molecule has 0 aliphatic heterocycles. The number of aromatic nitrogens is 2. The van der Waals surface area contributed by atoms with Crippen LogP contribution < -0.4 is 5.73 Å². The summed E-state index contributed by atoms with van der Waals surface area (Å²) in [5, 5.41) is 0. The van der Waals surface area contributed by atoms with Crippen LogP contribution in [0.1, 0.15) is 41.0 Å². The Balaban J connectivity index is 2.56. The molecule has 1 heterocycles. The molecule has 0 spiro atoms. The van der Waals surface area contributed by atoms with Gasteiger partial charge in [-0.1, -0.05) is 19.1 Å². The summed E-state index contributed by atoms with van der Waals surface area (Å²) in [5.41, 5.74) is 9.11. The first-order valence-electron chi connectivity index (χ1n) is 6.73. The minimum Gasteiger partial charge on any atom is -0.464 e. The van der Waals surface area contributed by atoms with Gasteiger partial charge in [-0.2, -0.15) is 0 Å². The van der Waals surface area contributed by atoms with Crippen LogP contribution >= 0.6 is 12.2 Å². The van der Waals surface area contributed by atoms with Crippen molar-refractivity contribution in [2.24, 2.45) is 0 Å².